The lowest BCUT2D eigenvalue weighted by atomic mass is 9.95. The van der Waals surface area contributed by atoms with Crippen molar-refractivity contribution in [1.82, 2.24) is 0 Å². The zero-order chi connectivity index (χ0) is 19.1. The van der Waals surface area contributed by atoms with E-state index in [1.54, 1.807) is 0 Å². The topological polar surface area (TPSA) is 125 Å². The van der Waals surface area contributed by atoms with Gasteiger partial charge in [-0.05, 0) is 12.1 Å². The summed E-state index contributed by atoms with van der Waals surface area (Å²) in [7, 11) is 0. The van der Waals surface area contributed by atoms with Crippen molar-refractivity contribution in [3.63, 3.8) is 0 Å². The van der Waals surface area contributed by atoms with Gasteiger partial charge in [-0.15, -0.1) is 8.78 Å². The summed E-state index contributed by atoms with van der Waals surface area (Å²) in [4.78, 5) is 18.9. The standard InChI is InChI=1S/C16H10F2N4O4/c1-21-8-5-6-9(23)12(14(24)22-15(19)20)11(8)7-3-2-4-10-13(7)26-16(17,18)25-10/h2-6,23H,(H4,19,20,22,24). The van der Waals surface area contributed by atoms with Crippen molar-refractivity contribution in [2.24, 2.45) is 16.5 Å². The number of fused-ring (bicyclic) bond motifs is 1. The van der Waals surface area contributed by atoms with Crippen LogP contribution in [0.4, 0.5) is 14.5 Å². The minimum atomic E-state index is -3.91. The Morgan fingerprint density at radius 3 is 2.62 bits per heavy atom. The van der Waals surface area contributed by atoms with Gasteiger partial charge in [0.2, 0.25) is 0 Å². The minimum Gasteiger partial charge on any atom is -0.507 e. The van der Waals surface area contributed by atoms with Gasteiger partial charge in [0.1, 0.15) is 5.75 Å². The van der Waals surface area contributed by atoms with Crippen molar-refractivity contribution in [3.8, 4) is 28.4 Å². The zero-order valence-electron chi connectivity index (χ0n) is 12.9. The fraction of sp³-hybridized carbons (Fsp3) is 0.0625. The Balaban J connectivity index is 2.33. The number of aromatic hydroxyl groups is 1. The van der Waals surface area contributed by atoms with Crippen LogP contribution in [0.15, 0.2) is 35.3 Å². The predicted octanol–water partition coefficient (Wildman–Crippen LogP) is 2.35. The zero-order valence-corrected chi connectivity index (χ0v) is 12.9. The van der Waals surface area contributed by atoms with Crippen LogP contribution in [-0.4, -0.2) is 23.3 Å². The molecule has 3 rings (SSSR count). The van der Waals surface area contributed by atoms with E-state index in [1.165, 1.54) is 24.3 Å². The molecular weight excluding hydrogens is 350 g/mol. The van der Waals surface area contributed by atoms with E-state index in [1.807, 2.05) is 0 Å². The molecular formula is C16H10F2N4O4. The second kappa shape index (κ2) is 5.89. The van der Waals surface area contributed by atoms with E-state index < -0.39 is 29.5 Å². The number of halogens is 2. The van der Waals surface area contributed by atoms with E-state index >= 15 is 0 Å². The molecule has 10 heteroatoms. The van der Waals surface area contributed by atoms with Gasteiger partial charge >= 0.3 is 6.29 Å². The van der Waals surface area contributed by atoms with Crippen LogP contribution in [-0.2, 0) is 0 Å². The second-order valence-electron chi connectivity index (χ2n) is 5.11. The molecule has 2 aromatic carbocycles. The number of nitrogens with two attached hydrogens (primary N) is 2. The van der Waals surface area contributed by atoms with Gasteiger partial charge in [-0.3, -0.25) is 4.79 Å². The quantitative estimate of drug-likeness (QED) is 0.429. The van der Waals surface area contributed by atoms with Gasteiger partial charge in [0.15, 0.2) is 23.1 Å². The number of benzene rings is 2. The number of phenolic OH excluding ortho intramolecular Hbond substituents is 1. The number of para-hydroxylation sites is 1. The molecule has 1 heterocycles. The summed E-state index contributed by atoms with van der Waals surface area (Å²) in [5, 5.41) is 10.1. The summed E-state index contributed by atoms with van der Waals surface area (Å²) in [5.74, 6) is -2.83. The normalized spacial score (nSPS) is 13.7. The Kier molecular flexibility index (Phi) is 3.84. The van der Waals surface area contributed by atoms with Gasteiger partial charge < -0.3 is 26.0 Å². The maximum Gasteiger partial charge on any atom is 0.586 e. The number of phenols is 1. The highest BCUT2D eigenvalue weighted by Crippen LogP contribution is 2.50. The van der Waals surface area contributed by atoms with E-state index in [2.05, 4.69) is 19.3 Å². The fourth-order valence-corrected chi connectivity index (χ4v) is 2.50. The number of carbonyl (C=O) groups is 1. The van der Waals surface area contributed by atoms with Crippen molar-refractivity contribution in [3.05, 3.63) is 47.3 Å². The van der Waals surface area contributed by atoms with Gasteiger partial charge in [0.25, 0.3) is 5.91 Å². The van der Waals surface area contributed by atoms with E-state index in [4.69, 9.17) is 18.0 Å². The first-order valence-electron chi connectivity index (χ1n) is 7.00. The molecule has 0 radical (unpaired) electrons. The molecule has 2 aromatic rings. The average Bonchev–Trinajstić information content (AvgIpc) is 2.87. The molecule has 1 amide bonds. The van der Waals surface area contributed by atoms with E-state index in [0.717, 1.165) is 6.07 Å². The number of amides is 1. The predicted molar refractivity (Wildman–Crippen MR) is 86.1 cm³/mol. The Morgan fingerprint density at radius 2 is 1.96 bits per heavy atom. The van der Waals surface area contributed by atoms with Gasteiger partial charge in [0, 0.05) is 11.1 Å². The summed E-state index contributed by atoms with van der Waals surface area (Å²) in [6, 6.07) is 6.25. The number of hydrogen-bond acceptors (Lipinski definition) is 4. The van der Waals surface area contributed by atoms with Crippen LogP contribution in [0.3, 0.4) is 0 Å². The van der Waals surface area contributed by atoms with Crippen molar-refractivity contribution in [1.29, 1.82) is 0 Å². The highest BCUT2D eigenvalue weighted by atomic mass is 19.3. The molecule has 132 valence electrons. The number of nitrogens with zero attached hydrogens (tertiary/aromatic N) is 2. The van der Waals surface area contributed by atoms with E-state index in [0.29, 0.717) is 0 Å². The Morgan fingerprint density at radius 1 is 1.23 bits per heavy atom. The first-order chi connectivity index (χ1) is 12.2. The van der Waals surface area contributed by atoms with Crippen molar-refractivity contribution < 1.29 is 28.2 Å². The lowest BCUT2D eigenvalue weighted by Gasteiger charge is -2.13. The number of alkyl halides is 2. The van der Waals surface area contributed by atoms with Crippen LogP contribution < -0.4 is 20.9 Å². The lowest BCUT2D eigenvalue weighted by molar-refractivity contribution is -0.286. The fourth-order valence-electron chi connectivity index (χ4n) is 2.50. The van der Waals surface area contributed by atoms with Crippen molar-refractivity contribution in [2.45, 2.75) is 6.29 Å². The van der Waals surface area contributed by atoms with Gasteiger partial charge in [-0.25, -0.2) is 4.85 Å². The summed E-state index contributed by atoms with van der Waals surface area (Å²) in [6.45, 7) is 7.29. The Bertz CT molecular complexity index is 994. The number of carbonyl (C=O) groups excluding carboxylic acids is 1. The minimum absolute atomic E-state index is 0.0595. The molecule has 1 aliphatic rings. The summed E-state index contributed by atoms with van der Waals surface area (Å²) in [5.41, 5.74) is 9.62. The number of ether oxygens (including phenoxy) is 2. The summed E-state index contributed by atoms with van der Waals surface area (Å²) >= 11 is 0. The number of rotatable bonds is 2. The molecule has 0 spiro atoms. The molecule has 26 heavy (non-hydrogen) atoms. The lowest BCUT2D eigenvalue weighted by Crippen LogP contribution is -2.26. The SMILES string of the molecule is [C-]#[N+]c1ccc(O)c(C(=O)N=C(N)N)c1-c1cccc2c1OC(F)(F)O2. The molecule has 0 saturated heterocycles. The molecule has 8 nitrogen and oxygen atoms in total. The van der Waals surface area contributed by atoms with Crippen molar-refractivity contribution in [2.75, 3.05) is 0 Å². The first kappa shape index (κ1) is 17.0. The summed E-state index contributed by atoms with van der Waals surface area (Å²) in [6.07, 6.45) is -3.91. The smallest absolute Gasteiger partial charge is 0.507 e. The second-order valence-corrected chi connectivity index (χ2v) is 5.11. The molecule has 0 saturated carbocycles. The molecule has 0 atom stereocenters. The highest BCUT2D eigenvalue weighted by molar-refractivity contribution is 6.11. The van der Waals surface area contributed by atoms with E-state index in [-0.39, 0.29) is 28.3 Å². The molecule has 0 unspecified atom stereocenters. The van der Waals surface area contributed by atoms with Crippen LogP contribution in [0, 0.1) is 6.57 Å². The molecule has 0 bridgehead atoms. The van der Waals surface area contributed by atoms with Crippen LogP contribution in [0.2, 0.25) is 0 Å². The average molecular weight is 360 g/mol. The first-order valence-corrected chi connectivity index (χ1v) is 7.00. The monoisotopic (exact) mass is 360 g/mol. The maximum atomic E-state index is 13.4. The number of aliphatic imine (C=N–C) groups is 1. The van der Waals surface area contributed by atoms with Gasteiger partial charge in [0.05, 0.1) is 12.1 Å². The molecule has 1 aliphatic heterocycles. The maximum absolute atomic E-state index is 13.4. The van der Waals surface area contributed by atoms with Crippen LogP contribution in [0.25, 0.3) is 16.0 Å². The third-order valence-electron chi connectivity index (χ3n) is 3.42. The summed E-state index contributed by atoms with van der Waals surface area (Å²) < 4.78 is 35.8. The molecule has 0 aliphatic carbocycles. The van der Waals surface area contributed by atoms with Crippen molar-refractivity contribution >= 4 is 17.6 Å². The largest absolute Gasteiger partial charge is 0.586 e. The third kappa shape index (κ3) is 2.82. The molecule has 0 fully saturated rings. The van der Waals surface area contributed by atoms with Gasteiger partial charge in [-0.2, -0.15) is 4.99 Å². The Labute approximate surface area is 145 Å². The number of hydrogen-bond donors (Lipinski definition) is 3. The van der Waals surface area contributed by atoms with E-state index in [9.17, 15) is 18.7 Å². The Hall–Kier alpha value is -3.87. The van der Waals surface area contributed by atoms with Gasteiger partial charge in [-0.1, -0.05) is 18.2 Å². The highest BCUT2D eigenvalue weighted by Gasteiger charge is 2.45. The number of guanidine groups is 1. The van der Waals surface area contributed by atoms with Crippen LogP contribution >= 0.6 is 0 Å². The van der Waals surface area contributed by atoms with Crippen LogP contribution in [0.1, 0.15) is 10.4 Å². The third-order valence-corrected chi connectivity index (χ3v) is 3.42. The van der Waals surface area contributed by atoms with Crippen LogP contribution in [0.5, 0.6) is 17.2 Å². The molecule has 5 N–H and O–H groups in total. The molecule has 0 aromatic heterocycles.